The van der Waals surface area contributed by atoms with Crippen LogP contribution in [0.5, 0.6) is 0 Å². The van der Waals surface area contributed by atoms with Crippen LogP contribution in [0.1, 0.15) is 26.3 Å². The summed E-state index contributed by atoms with van der Waals surface area (Å²) in [6.45, 7) is 7.26. The molecule has 0 saturated heterocycles. The van der Waals surface area contributed by atoms with Crippen LogP contribution in [0.15, 0.2) is 42.5 Å². The average molecular weight is 289 g/mol. The molecule has 3 N–H and O–H groups in total. The molecule has 0 unspecified atom stereocenters. The molecule has 0 fully saturated rings. The Morgan fingerprint density at radius 3 is 2.25 bits per heavy atom. The normalized spacial score (nSPS) is 11.6. The lowest BCUT2D eigenvalue weighted by atomic mass is 10.0. The molecule has 2 rings (SSSR count). The van der Waals surface area contributed by atoms with Crippen LogP contribution in [0, 0.1) is 0 Å². The Bertz CT molecular complexity index is 583. The predicted octanol–water partition coefficient (Wildman–Crippen LogP) is 4.48. The highest BCUT2D eigenvalue weighted by molar-refractivity contribution is 6.30. The van der Waals surface area contributed by atoms with Crippen LogP contribution in [0.3, 0.4) is 0 Å². The van der Waals surface area contributed by atoms with E-state index in [0.29, 0.717) is 0 Å². The Kier molecular flexibility index (Phi) is 4.36. The van der Waals surface area contributed by atoms with Crippen molar-refractivity contribution in [3.63, 3.8) is 0 Å². The van der Waals surface area contributed by atoms with Crippen molar-refractivity contribution in [1.82, 2.24) is 5.32 Å². The fourth-order valence-electron chi connectivity index (χ4n) is 2.00. The van der Waals surface area contributed by atoms with Gasteiger partial charge in [0.05, 0.1) is 0 Å². The van der Waals surface area contributed by atoms with Crippen molar-refractivity contribution in [2.75, 3.05) is 5.73 Å². The minimum Gasteiger partial charge on any atom is -0.399 e. The summed E-state index contributed by atoms with van der Waals surface area (Å²) >= 11 is 5.93. The van der Waals surface area contributed by atoms with Crippen molar-refractivity contribution >= 4 is 17.3 Å². The fourth-order valence-corrected chi connectivity index (χ4v) is 2.12. The Labute approximate surface area is 126 Å². The highest BCUT2D eigenvalue weighted by atomic mass is 35.5. The molecule has 2 aromatic carbocycles. The SMILES string of the molecule is CC(C)(C)NCc1cc(N)cc(-c2ccc(Cl)cc2)c1. The van der Waals surface area contributed by atoms with Gasteiger partial charge in [-0.05, 0) is 67.8 Å². The monoisotopic (exact) mass is 288 g/mol. The molecule has 0 aliphatic rings. The maximum absolute atomic E-state index is 6.01. The van der Waals surface area contributed by atoms with E-state index in [1.165, 1.54) is 5.56 Å². The third-order valence-electron chi connectivity index (χ3n) is 3.02. The van der Waals surface area contributed by atoms with E-state index in [2.05, 4.69) is 32.2 Å². The molecule has 0 aliphatic carbocycles. The summed E-state index contributed by atoms with van der Waals surface area (Å²) in [4.78, 5) is 0. The van der Waals surface area contributed by atoms with E-state index < -0.39 is 0 Å². The van der Waals surface area contributed by atoms with Crippen LogP contribution >= 0.6 is 11.6 Å². The lowest BCUT2D eigenvalue weighted by molar-refractivity contribution is 0.424. The van der Waals surface area contributed by atoms with E-state index in [1.54, 1.807) is 0 Å². The molecule has 2 nitrogen and oxygen atoms in total. The summed E-state index contributed by atoms with van der Waals surface area (Å²) in [7, 11) is 0. The Morgan fingerprint density at radius 2 is 1.65 bits per heavy atom. The Balaban J connectivity index is 2.26. The smallest absolute Gasteiger partial charge is 0.0406 e. The summed E-state index contributed by atoms with van der Waals surface area (Å²) in [6.07, 6.45) is 0. The third-order valence-corrected chi connectivity index (χ3v) is 3.27. The number of halogens is 1. The second-order valence-electron chi connectivity index (χ2n) is 6.07. The van der Waals surface area contributed by atoms with Gasteiger partial charge in [0.2, 0.25) is 0 Å². The highest BCUT2D eigenvalue weighted by Gasteiger charge is 2.09. The molecule has 3 heteroatoms. The van der Waals surface area contributed by atoms with Gasteiger partial charge in [0.15, 0.2) is 0 Å². The maximum atomic E-state index is 6.01. The zero-order valence-corrected chi connectivity index (χ0v) is 13.0. The van der Waals surface area contributed by atoms with Crippen LogP contribution < -0.4 is 11.1 Å². The number of nitrogens with two attached hydrogens (primary N) is 1. The summed E-state index contributed by atoms with van der Waals surface area (Å²) in [5.41, 5.74) is 10.3. The molecule has 2 aromatic rings. The summed E-state index contributed by atoms with van der Waals surface area (Å²) < 4.78 is 0. The Hall–Kier alpha value is -1.51. The molecule has 0 aromatic heterocycles. The third kappa shape index (κ3) is 4.26. The fraction of sp³-hybridized carbons (Fsp3) is 0.294. The van der Waals surface area contributed by atoms with Gasteiger partial charge in [-0.2, -0.15) is 0 Å². The number of nitrogens with one attached hydrogen (secondary N) is 1. The second-order valence-corrected chi connectivity index (χ2v) is 6.51. The Morgan fingerprint density at radius 1 is 1.00 bits per heavy atom. The van der Waals surface area contributed by atoms with Gasteiger partial charge in [-0.15, -0.1) is 0 Å². The van der Waals surface area contributed by atoms with Crippen LogP contribution in [0.2, 0.25) is 5.02 Å². The molecule has 0 bridgehead atoms. The lowest BCUT2D eigenvalue weighted by Gasteiger charge is -2.21. The summed E-state index contributed by atoms with van der Waals surface area (Å²) in [5.74, 6) is 0. The largest absolute Gasteiger partial charge is 0.399 e. The minimum absolute atomic E-state index is 0.0883. The minimum atomic E-state index is 0.0883. The van der Waals surface area contributed by atoms with Gasteiger partial charge in [0.1, 0.15) is 0 Å². The van der Waals surface area contributed by atoms with E-state index in [4.69, 9.17) is 17.3 Å². The standard InChI is InChI=1S/C17H21ClN2/c1-17(2,3)20-11-12-8-14(10-16(19)9-12)13-4-6-15(18)7-5-13/h4-10,20H,11,19H2,1-3H3. The van der Waals surface area contributed by atoms with Crippen LogP contribution in [-0.4, -0.2) is 5.54 Å². The second kappa shape index (κ2) is 5.86. The molecule has 0 heterocycles. The molecule has 106 valence electrons. The highest BCUT2D eigenvalue weighted by Crippen LogP contribution is 2.25. The van der Waals surface area contributed by atoms with Crippen LogP contribution in [-0.2, 0) is 6.54 Å². The first kappa shape index (κ1) is 14.9. The molecule has 0 spiro atoms. The predicted molar refractivity (Wildman–Crippen MR) is 87.9 cm³/mol. The number of hydrogen-bond acceptors (Lipinski definition) is 2. The topological polar surface area (TPSA) is 38.0 Å². The van der Waals surface area contributed by atoms with Gasteiger partial charge < -0.3 is 11.1 Å². The molecular formula is C17H21ClN2. The van der Waals surface area contributed by atoms with Gasteiger partial charge >= 0.3 is 0 Å². The number of hydrogen-bond donors (Lipinski definition) is 2. The van der Waals surface area contributed by atoms with Gasteiger partial charge in [-0.1, -0.05) is 23.7 Å². The van der Waals surface area contributed by atoms with Crippen molar-refractivity contribution in [2.24, 2.45) is 0 Å². The van der Waals surface area contributed by atoms with Crippen LogP contribution in [0.4, 0.5) is 5.69 Å². The number of benzene rings is 2. The number of nitrogen functional groups attached to an aromatic ring is 1. The van der Waals surface area contributed by atoms with E-state index in [0.717, 1.165) is 28.4 Å². The van der Waals surface area contributed by atoms with Gasteiger partial charge in [-0.25, -0.2) is 0 Å². The molecule has 0 saturated carbocycles. The molecule has 0 aliphatic heterocycles. The van der Waals surface area contributed by atoms with E-state index >= 15 is 0 Å². The molecule has 0 amide bonds. The summed E-state index contributed by atoms with van der Waals surface area (Å²) in [6, 6.07) is 14.0. The molecule has 20 heavy (non-hydrogen) atoms. The summed E-state index contributed by atoms with van der Waals surface area (Å²) in [5, 5.41) is 4.22. The zero-order chi connectivity index (χ0) is 14.8. The zero-order valence-electron chi connectivity index (χ0n) is 12.2. The van der Waals surface area contributed by atoms with Gasteiger partial charge in [0, 0.05) is 22.8 Å². The van der Waals surface area contributed by atoms with E-state index in [-0.39, 0.29) is 5.54 Å². The maximum Gasteiger partial charge on any atom is 0.0406 e. The first-order chi connectivity index (χ1) is 9.33. The van der Waals surface area contributed by atoms with Crippen molar-refractivity contribution < 1.29 is 0 Å². The van der Waals surface area contributed by atoms with E-state index in [1.807, 2.05) is 36.4 Å². The number of rotatable bonds is 3. The van der Waals surface area contributed by atoms with E-state index in [9.17, 15) is 0 Å². The van der Waals surface area contributed by atoms with Crippen LogP contribution in [0.25, 0.3) is 11.1 Å². The molecular weight excluding hydrogens is 268 g/mol. The average Bonchev–Trinajstić information content (AvgIpc) is 2.36. The van der Waals surface area contributed by atoms with Crippen molar-refractivity contribution in [1.29, 1.82) is 0 Å². The van der Waals surface area contributed by atoms with Gasteiger partial charge in [0.25, 0.3) is 0 Å². The number of anilines is 1. The van der Waals surface area contributed by atoms with Gasteiger partial charge in [-0.3, -0.25) is 0 Å². The lowest BCUT2D eigenvalue weighted by Crippen LogP contribution is -2.35. The quantitative estimate of drug-likeness (QED) is 0.817. The first-order valence-electron chi connectivity index (χ1n) is 6.74. The van der Waals surface area contributed by atoms with Crippen molar-refractivity contribution in [3.8, 4) is 11.1 Å². The first-order valence-corrected chi connectivity index (χ1v) is 7.12. The van der Waals surface area contributed by atoms with Crippen molar-refractivity contribution in [3.05, 3.63) is 53.1 Å². The van der Waals surface area contributed by atoms with Crippen molar-refractivity contribution in [2.45, 2.75) is 32.9 Å². The molecule has 0 radical (unpaired) electrons. The molecule has 0 atom stereocenters.